The summed E-state index contributed by atoms with van der Waals surface area (Å²) in [6, 6.07) is 1.86. The molecule has 10 heteroatoms. The highest BCUT2D eigenvalue weighted by Crippen LogP contribution is 2.35. The Morgan fingerprint density at radius 1 is 1.26 bits per heavy atom. The second kappa shape index (κ2) is 9.38. The maximum atomic E-state index is 13.4. The van der Waals surface area contributed by atoms with Crippen molar-refractivity contribution in [3.63, 3.8) is 0 Å². The normalized spacial score (nSPS) is 21.3. The van der Waals surface area contributed by atoms with Crippen molar-refractivity contribution in [1.82, 2.24) is 19.8 Å². The number of nitrogens with zero attached hydrogens (tertiary/aromatic N) is 3. The van der Waals surface area contributed by atoms with E-state index in [0.29, 0.717) is 40.9 Å². The molecular weight excluding hydrogens is 436 g/mol. The van der Waals surface area contributed by atoms with Crippen molar-refractivity contribution in [2.45, 2.75) is 76.2 Å². The predicted octanol–water partition coefficient (Wildman–Crippen LogP) is 3.52. The molecule has 1 amide bonds. The number of rotatable bonds is 6. The highest BCUT2D eigenvalue weighted by atomic mass is 32.2. The lowest BCUT2D eigenvalue weighted by Crippen LogP contribution is -2.47. The van der Waals surface area contributed by atoms with Crippen molar-refractivity contribution in [3.8, 4) is 10.7 Å². The molecule has 1 N–H and O–H groups in total. The van der Waals surface area contributed by atoms with Crippen LogP contribution in [-0.4, -0.2) is 47.9 Å². The average Bonchev–Trinajstić information content (AvgIpc) is 3.41. The molecule has 2 aliphatic rings. The van der Waals surface area contributed by atoms with Gasteiger partial charge >= 0.3 is 0 Å². The molecule has 2 aromatic rings. The van der Waals surface area contributed by atoms with Gasteiger partial charge in [-0.1, -0.05) is 31.3 Å². The van der Waals surface area contributed by atoms with Gasteiger partial charge in [-0.3, -0.25) is 4.79 Å². The number of amides is 1. The fourth-order valence-corrected chi connectivity index (χ4v) is 7.42. The second-order valence-electron chi connectivity index (χ2n) is 8.44. The van der Waals surface area contributed by atoms with E-state index < -0.39 is 10.0 Å². The number of hydrogen-bond acceptors (Lipinski definition) is 7. The number of piperidine rings is 1. The molecule has 0 bridgehead atoms. The van der Waals surface area contributed by atoms with Crippen LogP contribution in [0.1, 0.15) is 62.6 Å². The van der Waals surface area contributed by atoms with Crippen LogP contribution in [0.3, 0.4) is 0 Å². The lowest BCUT2D eigenvalue weighted by molar-refractivity contribution is -0.127. The summed E-state index contributed by atoms with van der Waals surface area (Å²) in [5.74, 6) is 0.629. The third-order valence-corrected chi connectivity index (χ3v) is 9.35. The average molecular weight is 467 g/mol. The molecule has 8 nitrogen and oxygen atoms in total. The van der Waals surface area contributed by atoms with Gasteiger partial charge in [-0.15, -0.1) is 11.3 Å². The highest BCUT2D eigenvalue weighted by molar-refractivity contribution is 7.89. The minimum Gasteiger partial charge on any atom is -0.353 e. The molecular formula is C21H30N4O4S2. The molecule has 1 aliphatic heterocycles. The van der Waals surface area contributed by atoms with Crippen LogP contribution >= 0.6 is 11.3 Å². The number of carbonyl (C=O) groups is 1. The summed E-state index contributed by atoms with van der Waals surface area (Å²) in [4.78, 5) is 18.7. The molecule has 170 valence electrons. The minimum atomic E-state index is -3.70. The van der Waals surface area contributed by atoms with E-state index in [9.17, 15) is 13.2 Å². The number of thiophene rings is 1. The quantitative estimate of drug-likeness (QED) is 0.698. The van der Waals surface area contributed by atoms with Crippen molar-refractivity contribution in [3.05, 3.63) is 16.8 Å². The second-order valence-corrected chi connectivity index (χ2v) is 11.6. The van der Waals surface area contributed by atoms with Gasteiger partial charge in [-0.05, 0) is 38.7 Å². The van der Waals surface area contributed by atoms with Crippen molar-refractivity contribution in [2.24, 2.45) is 5.92 Å². The zero-order valence-corrected chi connectivity index (χ0v) is 19.7. The number of aromatic nitrogens is 2. The van der Waals surface area contributed by atoms with Gasteiger partial charge in [0.1, 0.15) is 0 Å². The zero-order chi connectivity index (χ0) is 22.0. The van der Waals surface area contributed by atoms with Gasteiger partial charge in [0.25, 0.3) is 0 Å². The SMILES string of the molecule is CCc1nc(-c2cc(S(=O)(=O)N3CCCC(C(=O)NC4CCCCC4)C3)c(C)s2)no1. The van der Waals surface area contributed by atoms with E-state index in [1.807, 2.05) is 6.92 Å². The van der Waals surface area contributed by atoms with Crippen LogP contribution in [-0.2, 0) is 21.2 Å². The van der Waals surface area contributed by atoms with Crippen molar-refractivity contribution in [1.29, 1.82) is 0 Å². The monoisotopic (exact) mass is 466 g/mol. The molecule has 2 aromatic heterocycles. The number of nitrogens with one attached hydrogen (secondary N) is 1. The fraction of sp³-hybridized carbons (Fsp3) is 0.667. The molecule has 1 saturated heterocycles. The molecule has 4 rings (SSSR count). The largest absolute Gasteiger partial charge is 0.353 e. The fourth-order valence-electron chi connectivity index (χ4n) is 4.41. The van der Waals surface area contributed by atoms with Crippen molar-refractivity contribution < 1.29 is 17.7 Å². The summed E-state index contributed by atoms with van der Waals surface area (Å²) >= 11 is 1.34. The van der Waals surface area contributed by atoms with E-state index in [0.717, 1.165) is 32.1 Å². The summed E-state index contributed by atoms with van der Waals surface area (Å²) in [6.07, 6.45) is 7.60. The van der Waals surface area contributed by atoms with E-state index in [1.165, 1.54) is 22.1 Å². The molecule has 0 spiro atoms. The highest BCUT2D eigenvalue weighted by Gasteiger charge is 2.35. The van der Waals surface area contributed by atoms with Gasteiger partial charge < -0.3 is 9.84 Å². The van der Waals surface area contributed by atoms with E-state index in [2.05, 4.69) is 15.5 Å². The van der Waals surface area contributed by atoms with Gasteiger partial charge in [-0.25, -0.2) is 8.42 Å². The molecule has 0 radical (unpaired) electrons. The van der Waals surface area contributed by atoms with Gasteiger partial charge in [-0.2, -0.15) is 9.29 Å². The number of hydrogen-bond donors (Lipinski definition) is 1. The summed E-state index contributed by atoms with van der Waals surface area (Å²) in [7, 11) is -3.70. The Hall–Kier alpha value is -1.78. The number of aryl methyl sites for hydroxylation is 2. The molecule has 1 aliphatic carbocycles. The molecule has 0 aromatic carbocycles. The van der Waals surface area contributed by atoms with Crippen molar-refractivity contribution >= 4 is 27.3 Å². The lowest BCUT2D eigenvalue weighted by atomic mass is 9.93. The lowest BCUT2D eigenvalue weighted by Gasteiger charge is -2.32. The first-order chi connectivity index (χ1) is 14.9. The maximum absolute atomic E-state index is 13.4. The third-order valence-electron chi connectivity index (χ3n) is 6.19. The number of sulfonamides is 1. The Balaban J connectivity index is 1.48. The smallest absolute Gasteiger partial charge is 0.244 e. The van der Waals surface area contributed by atoms with Crippen LogP contribution in [0.5, 0.6) is 0 Å². The third kappa shape index (κ3) is 4.85. The van der Waals surface area contributed by atoms with Gasteiger partial charge in [0.2, 0.25) is 27.6 Å². The molecule has 31 heavy (non-hydrogen) atoms. The van der Waals surface area contributed by atoms with Crippen LogP contribution in [0.2, 0.25) is 0 Å². The van der Waals surface area contributed by atoms with Gasteiger partial charge in [0.05, 0.1) is 15.7 Å². The Kier molecular flexibility index (Phi) is 6.78. The molecule has 1 saturated carbocycles. The standard InChI is InChI=1S/C21H30N4O4S2/c1-3-19-23-20(24-29-19)17-12-18(14(2)30-17)31(27,28)25-11-7-8-15(13-25)21(26)22-16-9-5-4-6-10-16/h12,15-16H,3-11,13H2,1-2H3,(H,22,26). The summed E-state index contributed by atoms with van der Waals surface area (Å²) in [6.45, 7) is 4.37. The zero-order valence-electron chi connectivity index (χ0n) is 18.1. The van der Waals surface area contributed by atoms with E-state index in [4.69, 9.17) is 4.52 Å². The Morgan fingerprint density at radius 2 is 2.03 bits per heavy atom. The van der Waals surface area contributed by atoms with Crippen LogP contribution in [0.4, 0.5) is 0 Å². The Bertz CT molecular complexity index is 1020. The molecule has 1 atom stereocenters. The van der Waals surface area contributed by atoms with E-state index in [-0.39, 0.29) is 29.3 Å². The maximum Gasteiger partial charge on any atom is 0.244 e. The van der Waals surface area contributed by atoms with Crippen LogP contribution in [0.15, 0.2) is 15.5 Å². The minimum absolute atomic E-state index is 0.00609. The van der Waals surface area contributed by atoms with Crippen LogP contribution < -0.4 is 5.32 Å². The molecule has 2 fully saturated rings. The van der Waals surface area contributed by atoms with Gasteiger partial charge in [0.15, 0.2) is 0 Å². The first kappa shape index (κ1) is 22.4. The van der Waals surface area contributed by atoms with Crippen molar-refractivity contribution in [2.75, 3.05) is 13.1 Å². The Labute approximate surface area is 187 Å². The topological polar surface area (TPSA) is 105 Å². The Morgan fingerprint density at radius 3 is 2.74 bits per heavy atom. The molecule has 1 unspecified atom stereocenters. The first-order valence-electron chi connectivity index (χ1n) is 11.1. The molecule has 3 heterocycles. The number of carbonyl (C=O) groups excluding carboxylic acids is 1. The summed E-state index contributed by atoms with van der Waals surface area (Å²) in [5.41, 5.74) is 0. The summed E-state index contributed by atoms with van der Waals surface area (Å²) in [5, 5.41) is 7.12. The first-order valence-corrected chi connectivity index (χ1v) is 13.4. The predicted molar refractivity (Wildman–Crippen MR) is 118 cm³/mol. The van der Waals surface area contributed by atoms with Crippen LogP contribution in [0, 0.1) is 12.8 Å². The van der Waals surface area contributed by atoms with E-state index >= 15 is 0 Å². The van der Waals surface area contributed by atoms with Crippen LogP contribution in [0.25, 0.3) is 10.7 Å². The summed E-state index contributed by atoms with van der Waals surface area (Å²) < 4.78 is 33.4. The van der Waals surface area contributed by atoms with Gasteiger partial charge in [0, 0.05) is 30.4 Å². The van der Waals surface area contributed by atoms with E-state index in [1.54, 1.807) is 13.0 Å².